The van der Waals surface area contributed by atoms with Crippen LogP contribution < -0.4 is 4.74 Å². The zero-order chi connectivity index (χ0) is 19.3. The molecule has 3 aromatic rings. The van der Waals surface area contributed by atoms with Gasteiger partial charge in [-0.3, -0.25) is 9.48 Å². The monoisotopic (exact) mass is 373 g/mol. The molecule has 1 aliphatic heterocycles. The first kappa shape index (κ1) is 18.0. The molecule has 1 amide bonds. The van der Waals surface area contributed by atoms with Crippen LogP contribution >= 0.6 is 0 Å². The molecule has 0 radical (unpaired) electrons. The molecule has 0 fully saturated rings. The first-order valence-corrected chi connectivity index (χ1v) is 9.46. The van der Waals surface area contributed by atoms with Gasteiger partial charge in [-0.15, -0.1) is 6.58 Å². The normalized spacial score (nSPS) is 13.1. The average Bonchev–Trinajstić information content (AvgIpc) is 3.11. The molecule has 0 N–H and O–H groups in total. The zero-order valence-electron chi connectivity index (χ0n) is 15.8. The number of amides is 1. The molecule has 4 rings (SSSR count). The van der Waals surface area contributed by atoms with E-state index in [0.29, 0.717) is 25.4 Å². The van der Waals surface area contributed by atoms with Crippen LogP contribution in [0, 0.1) is 0 Å². The first-order valence-electron chi connectivity index (χ1n) is 9.46. The summed E-state index contributed by atoms with van der Waals surface area (Å²) in [5.74, 6) is 0.697. The van der Waals surface area contributed by atoms with Gasteiger partial charge in [0.15, 0.2) is 6.61 Å². The molecule has 0 atom stereocenters. The van der Waals surface area contributed by atoms with Gasteiger partial charge in [0.2, 0.25) is 0 Å². The molecule has 0 unspecified atom stereocenters. The fourth-order valence-electron chi connectivity index (χ4n) is 3.57. The summed E-state index contributed by atoms with van der Waals surface area (Å²) in [5, 5.41) is 4.78. The number of carbonyl (C=O) groups excluding carboxylic acids is 1. The van der Waals surface area contributed by atoms with Gasteiger partial charge in [-0.05, 0) is 12.1 Å². The van der Waals surface area contributed by atoms with E-state index in [9.17, 15) is 4.79 Å². The molecule has 5 heteroatoms. The van der Waals surface area contributed by atoms with Gasteiger partial charge in [0.1, 0.15) is 5.75 Å². The van der Waals surface area contributed by atoms with E-state index in [-0.39, 0.29) is 12.5 Å². The van der Waals surface area contributed by atoms with Crippen LogP contribution in [-0.2, 0) is 24.3 Å². The Morgan fingerprint density at radius 3 is 2.54 bits per heavy atom. The smallest absolute Gasteiger partial charge is 0.260 e. The van der Waals surface area contributed by atoms with Crippen molar-refractivity contribution in [1.82, 2.24) is 14.7 Å². The number of benzene rings is 2. The van der Waals surface area contributed by atoms with E-state index in [2.05, 4.69) is 18.7 Å². The number of para-hydroxylation sites is 1. The molecule has 5 nitrogen and oxygen atoms in total. The Balaban J connectivity index is 1.55. The van der Waals surface area contributed by atoms with Crippen LogP contribution in [0.1, 0.15) is 11.3 Å². The highest BCUT2D eigenvalue weighted by atomic mass is 16.5. The third kappa shape index (κ3) is 3.69. The molecule has 2 aromatic carbocycles. The molecule has 2 heterocycles. The molecular weight excluding hydrogens is 350 g/mol. The van der Waals surface area contributed by atoms with E-state index in [1.807, 2.05) is 64.2 Å². The number of nitrogens with zero attached hydrogens (tertiary/aromatic N) is 3. The van der Waals surface area contributed by atoms with Crippen molar-refractivity contribution in [3.8, 4) is 17.0 Å². The van der Waals surface area contributed by atoms with Crippen LogP contribution in [0.2, 0.25) is 0 Å². The van der Waals surface area contributed by atoms with Crippen molar-refractivity contribution < 1.29 is 9.53 Å². The van der Waals surface area contributed by atoms with Gasteiger partial charge in [-0.2, -0.15) is 5.10 Å². The first-order chi connectivity index (χ1) is 13.8. The molecule has 0 spiro atoms. The van der Waals surface area contributed by atoms with E-state index in [4.69, 9.17) is 9.84 Å². The van der Waals surface area contributed by atoms with E-state index >= 15 is 0 Å². The number of hydrogen-bond donors (Lipinski definition) is 0. The molecule has 1 aromatic heterocycles. The van der Waals surface area contributed by atoms with Crippen LogP contribution in [0.5, 0.6) is 5.75 Å². The Hall–Kier alpha value is -3.34. The minimum atomic E-state index is -0.00927. The van der Waals surface area contributed by atoms with Crippen LogP contribution in [-0.4, -0.2) is 33.7 Å². The lowest BCUT2D eigenvalue weighted by atomic mass is 10.0. The SMILES string of the molecule is C=CCn1nc2c(c1-c1ccccc1)CN(C(=O)COc1ccccc1)CC2. The molecule has 0 saturated heterocycles. The summed E-state index contributed by atoms with van der Waals surface area (Å²) in [6.45, 7) is 5.74. The number of aromatic nitrogens is 2. The summed E-state index contributed by atoms with van der Waals surface area (Å²) in [6, 6.07) is 19.6. The average molecular weight is 373 g/mol. The highest BCUT2D eigenvalue weighted by Crippen LogP contribution is 2.30. The van der Waals surface area contributed by atoms with Crippen LogP contribution in [0.4, 0.5) is 0 Å². The Morgan fingerprint density at radius 2 is 1.82 bits per heavy atom. The van der Waals surface area contributed by atoms with Crippen molar-refractivity contribution in [2.24, 2.45) is 0 Å². The second kappa shape index (κ2) is 8.13. The molecule has 0 saturated carbocycles. The van der Waals surface area contributed by atoms with Gasteiger partial charge >= 0.3 is 0 Å². The molecule has 142 valence electrons. The highest BCUT2D eigenvalue weighted by molar-refractivity contribution is 5.78. The molecule has 0 bridgehead atoms. The van der Waals surface area contributed by atoms with Crippen molar-refractivity contribution >= 4 is 5.91 Å². The fraction of sp³-hybridized carbons (Fsp3) is 0.217. The minimum Gasteiger partial charge on any atom is -0.484 e. The summed E-state index contributed by atoms with van der Waals surface area (Å²) in [5.41, 5.74) is 4.35. The van der Waals surface area contributed by atoms with Crippen LogP contribution in [0.15, 0.2) is 73.3 Å². The van der Waals surface area contributed by atoms with Crippen LogP contribution in [0.25, 0.3) is 11.3 Å². The van der Waals surface area contributed by atoms with Gasteiger partial charge in [0.05, 0.1) is 17.9 Å². The number of allylic oxidation sites excluding steroid dienone is 1. The summed E-state index contributed by atoms with van der Waals surface area (Å²) in [6.07, 6.45) is 2.60. The predicted molar refractivity (Wildman–Crippen MR) is 109 cm³/mol. The van der Waals surface area contributed by atoms with E-state index < -0.39 is 0 Å². The van der Waals surface area contributed by atoms with Crippen molar-refractivity contribution in [2.75, 3.05) is 13.2 Å². The van der Waals surface area contributed by atoms with Crippen molar-refractivity contribution in [3.05, 3.63) is 84.6 Å². The minimum absolute atomic E-state index is 0.00927. The van der Waals surface area contributed by atoms with Gasteiger partial charge < -0.3 is 9.64 Å². The Bertz CT molecular complexity index is 964. The van der Waals surface area contributed by atoms with E-state index in [0.717, 1.165) is 28.9 Å². The lowest BCUT2D eigenvalue weighted by Crippen LogP contribution is -2.38. The third-order valence-corrected chi connectivity index (χ3v) is 4.91. The summed E-state index contributed by atoms with van der Waals surface area (Å²) in [4.78, 5) is 14.6. The van der Waals surface area contributed by atoms with Gasteiger partial charge in [-0.1, -0.05) is 54.6 Å². The number of fused-ring (bicyclic) bond motifs is 1. The van der Waals surface area contributed by atoms with E-state index in [1.165, 1.54) is 0 Å². The quantitative estimate of drug-likeness (QED) is 0.619. The van der Waals surface area contributed by atoms with Crippen molar-refractivity contribution in [3.63, 3.8) is 0 Å². The number of ether oxygens (including phenoxy) is 1. The fourth-order valence-corrected chi connectivity index (χ4v) is 3.57. The Kier molecular flexibility index (Phi) is 5.24. The zero-order valence-corrected chi connectivity index (χ0v) is 15.8. The summed E-state index contributed by atoms with van der Waals surface area (Å²) >= 11 is 0. The number of hydrogen-bond acceptors (Lipinski definition) is 3. The lowest BCUT2D eigenvalue weighted by molar-refractivity contribution is -0.134. The maximum Gasteiger partial charge on any atom is 0.260 e. The third-order valence-electron chi connectivity index (χ3n) is 4.91. The lowest BCUT2D eigenvalue weighted by Gasteiger charge is -2.27. The number of carbonyl (C=O) groups is 1. The largest absolute Gasteiger partial charge is 0.484 e. The predicted octanol–water partition coefficient (Wildman–Crippen LogP) is 3.70. The molecule has 0 aliphatic carbocycles. The highest BCUT2D eigenvalue weighted by Gasteiger charge is 2.27. The maximum absolute atomic E-state index is 12.7. The summed E-state index contributed by atoms with van der Waals surface area (Å²) < 4.78 is 7.63. The molecule has 28 heavy (non-hydrogen) atoms. The summed E-state index contributed by atoms with van der Waals surface area (Å²) in [7, 11) is 0. The topological polar surface area (TPSA) is 47.4 Å². The molecule has 1 aliphatic rings. The number of rotatable bonds is 6. The molecular formula is C23H23N3O2. The second-order valence-electron chi connectivity index (χ2n) is 6.78. The van der Waals surface area contributed by atoms with Gasteiger partial charge in [0, 0.05) is 30.6 Å². The van der Waals surface area contributed by atoms with Gasteiger partial charge in [-0.25, -0.2) is 0 Å². The maximum atomic E-state index is 12.7. The Morgan fingerprint density at radius 1 is 1.11 bits per heavy atom. The van der Waals surface area contributed by atoms with Crippen LogP contribution in [0.3, 0.4) is 0 Å². The van der Waals surface area contributed by atoms with Crippen molar-refractivity contribution in [2.45, 2.75) is 19.5 Å². The van der Waals surface area contributed by atoms with E-state index in [1.54, 1.807) is 0 Å². The Labute approximate surface area is 164 Å². The standard InChI is InChI=1S/C23H23N3O2/c1-2-14-26-23(18-9-5-3-6-10-18)20-16-25(15-13-21(20)24-26)22(27)17-28-19-11-7-4-8-12-19/h2-12H,1,13-17H2. The van der Waals surface area contributed by atoms with Crippen molar-refractivity contribution in [1.29, 1.82) is 0 Å². The second-order valence-corrected chi connectivity index (χ2v) is 6.78. The van der Waals surface area contributed by atoms with Gasteiger partial charge in [0.25, 0.3) is 5.91 Å².